The Morgan fingerprint density at radius 3 is 2.47 bits per heavy atom. The lowest BCUT2D eigenvalue weighted by Crippen LogP contribution is -2.02. The Hall–Kier alpha value is 0.1000. The van der Waals surface area contributed by atoms with Gasteiger partial charge in [0.15, 0.2) is 0 Å². The molecule has 0 heterocycles. The molecule has 1 rings (SSSR count). The second kappa shape index (κ2) is 7.39. The highest BCUT2D eigenvalue weighted by molar-refractivity contribution is 14.1. The van der Waals surface area contributed by atoms with Gasteiger partial charge in [-0.1, -0.05) is 28.1 Å². The quantitative estimate of drug-likeness (QED) is 0.414. The molecule has 0 aliphatic heterocycles. The summed E-state index contributed by atoms with van der Waals surface area (Å²) >= 11 is 5.63. The van der Waals surface area contributed by atoms with Crippen molar-refractivity contribution < 1.29 is 4.79 Å². The summed E-state index contributed by atoms with van der Waals surface area (Å²) in [5.74, 6) is 0.345. The molecule has 0 radical (unpaired) electrons. The van der Waals surface area contributed by atoms with Crippen LogP contribution in [-0.2, 0) is 11.2 Å². The molecule has 0 atom stereocenters. The Morgan fingerprint density at radius 1 is 1.20 bits per heavy atom. The molecule has 15 heavy (non-hydrogen) atoms. The SMILES string of the molecule is O=C(CCCCBr)Cc1ccc(I)cc1. The zero-order valence-corrected chi connectivity index (χ0v) is 12.3. The van der Waals surface area contributed by atoms with Gasteiger partial charge in [-0.2, -0.15) is 0 Å². The molecule has 0 fully saturated rings. The highest BCUT2D eigenvalue weighted by atomic mass is 127. The third kappa shape index (κ3) is 5.66. The largest absolute Gasteiger partial charge is 0.299 e. The van der Waals surface area contributed by atoms with Crippen LogP contribution >= 0.6 is 38.5 Å². The predicted molar refractivity (Wildman–Crippen MR) is 75.5 cm³/mol. The van der Waals surface area contributed by atoms with Crippen LogP contribution in [0.5, 0.6) is 0 Å². The Kier molecular flexibility index (Phi) is 6.48. The standard InChI is InChI=1S/C12H14BrIO/c13-8-2-1-3-12(15)9-10-4-6-11(14)7-5-10/h4-7H,1-3,8-9H2. The number of carbonyl (C=O) groups is 1. The van der Waals surface area contributed by atoms with E-state index in [1.54, 1.807) is 0 Å². The molecule has 0 aromatic heterocycles. The molecule has 0 saturated carbocycles. The minimum absolute atomic E-state index is 0.345. The number of rotatable bonds is 6. The van der Waals surface area contributed by atoms with E-state index in [4.69, 9.17) is 0 Å². The average molecular weight is 381 g/mol. The zero-order chi connectivity index (χ0) is 11.1. The molecule has 1 aromatic carbocycles. The van der Waals surface area contributed by atoms with Crippen molar-refractivity contribution in [1.29, 1.82) is 0 Å². The number of hydrogen-bond donors (Lipinski definition) is 0. The van der Waals surface area contributed by atoms with Crippen LogP contribution in [-0.4, -0.2) is 11.1 Å². The van der Waals surface area contributed by atoms with E-state index in [-0.39, 0.29) is 0 Å². The minimum atomic E-state index is 0.345. The second-order valence-corrected chi connectivity index (χ2v) is 5.53. The fraction of sp³-hybridized carbons (Fsp3) is 0.417. The van der Waals surface area contributed by atoms with E-state index in [9.17, 15) is 4.79 Å². The molecule has 0 unspecified atom stereocenters. The lowest BCUT2D eigenvalue weighted by atomic mass is 10.1. The monoisotopic (exact) mass is 380 g/mol. The highest BCUT2D eigenvalue weighted by Gasteiger charge is 2.03. The van der Waals surface area contributed by atoms with Crippen LogP contribution in [0, 0.1) is 3.57 Å². The predicted octanol–water partition coefficient (Wildman–Crippen LogP) is 3.97. The van der Waals surface area contributed by atoms with E-state index in [0.29, 0.717) is 18.6 Å². The fourth-order valence-corrected chi connectivity index (χ4v) is 2.09. The summed E-state index contributed by atoms with van der Waals surface area (Å²) in [6, 6.07) is 8.15. The Labute approximate surface area is 113 Å². The number of carbonyl (C=O) groups excluding carboxylic acids is 1. The van der Waals surface area contributed by atoms with Crippen LogP contribution in [0.25, 0.3) is 0 Å². The van der Waals surface area contributed by atoms with Crippen LogP contribution in [0.4, 0.5) is 0 Å². The van der Waals surface area contributed by atoms with E-state index >= 15 is 0 Å². The lowest BCUT2D eigenvalue weighted by molar-refractivity contribution is -0.118. The van der Waals surface area contributed by atoms with Crippen molar-refractivity contribution in [2.45, 2.75) is 25.7 Å². The molecular formula is C12H14BrIO. The molecule has 0 aliphatic carbocycles. The number of halogens is 2. The summed E-state index contributed by atoms with van der Waals surface area (Å²) < 4.78 is 1.21. The number of alkyl halides is 1. The van der Waals surface area contributed by atoms with Gasteiger partial charge in [0.25, 0.3) is 0 Å². The zero-order valence-electron chi connectivity index (χ0n) is 8.51. The van der Waals surface area contributed by atoms with Crippen LogP contribution in [0.15, 0.2) is 24.3 Å². The van der Waals surface area contributed by atoms with Crippen molar-refractivity contribution in [3.05, 3.63) is 33.4 Å². The maximum absolute atomic E-state index is 11.6. The van der Waals surface area contributed by atoms with Gasteiger partial charge in [-0.15, -0.1) is 0 Å². The van der Waals surface area contributed by atoms with E-state index < -0.39 is 0 Å². The van der Waals surface area contributed by atoms with E-state index in [1.807, 2.05) is 24.3 Å². The van der Waals surface area contributed by atoms with Gasteiger partial charge in [0, 0.05) is 21.7 Å². The van der Waals surface area contributed by atoms with Crippen LogP contribution in [0.3, 0.4) is 0 Å². The Morgan fingerprint density at radius 2 is 1.87 bits per heavy atom. The fourth-order valence-electron chi connectivity index (χ4n) is 1.33. The Bertz CT molecular complexity index is 308. The van der Waals surface area contributed by atoms with E-state index in [1.165, 1.54) is 3.57 Å². The maximum Gasteiger partial charge on any atom is 0.137 e. The molecule has 0 N–H and O–H groups in total. The topological polar surface area (TPSA) is 17.1 Å². The van der Waals surface area contributed by atoms with Crippen molar-refractivity contribution >= 4 is 44.3 Å². The number of hydrogen-bond acceptors (Lipinski definition) is 1. The highest BCUT2D eigenvalue weighted by Crippen LogP contribution is 2.09. The molecule has 0 amide bonds. The first-order valence-corrected chi connectivity index (χ1v) is 7.24. The lowest BCUT2D eigenvalue weighted by Gasteiger charge is -2.01. The van der Waals surface area contributed by atoms with Crippen molar-refractivity contribution in [2.75, 3.05) is 5.33 Å². The summed E-state index contributed by atoms with van der Waals surface area (Å²) in [5, 5.41) is 0.990. The van der Waals surface area contributed by atoms with Gasteiger partial charge >= 0.3 is 0 Å². The van der Waals surface area contributed by atoms with Gasteiger partial charge in [0.2, 0.25) is 0 Å². The number of Topliss-reactive ketones (excluding diaryl/α,β-unsaturated/α-hetero) is 1. The number of unbranched alkanes of at least 4 members (excludes halogenated alkanes) is 1. The first-order valence-electron chi connectivity index (χ1n) is 5.04. The van der Waals surface area contributed by atoms with Gasteiger partial charge in [0.05, 0.1) is 0 Å². The van der Waals surface area contributed by atoms with Crippen molar-refractivity contribution in [3.63, 3.8) is 0 Å². The maximum atomic E-state index is 11.6. The van der Waals surface area contributed by atoms with Gasteiger partial charge in [-0.25, -0.2) is 0 Å². The number of ketones is 1. The third-order valence-electron chi connectivity index (χ3n) is 2.15. The molecule has 0 aliphatic rings. The molecule has 0 saturated heterocycles. The van der Waals surface area contributed by atoms with Crippen LogP contribution < -0.4 is 0 Å². The van der Waals surface area contributed by atoms with Gasteiger partial charge < -0.3 is 0 Å². The average Bonchev–Trinajstić information content (AvgIpc) is 2.22. The third-order valence-corrected chi connectivity index (χ3v) is 3.43. The van der Waals surface area contributed by atoms with E-state index in [2.05, 4.69) is 38.5 Å². The van der Waals surface area contributed by atoms with Gasteiger partial charge in [0.1, 0.15) is 5.78 Å². The normalized spacial score (nSPS) is 10.3. The second-order valence-electron chi connectivity index (χ2n) is 3.49. The van der Waals surface area contributed by atoms with Crippen LogP contribution in [0.1, 0.15) is 24.8 Å². The molecule has 0 spiro atoms. The number of benzene rings is 1. The molecule has 82 valence electrons. The smallest absolute Gasteiger partial charge is 0.137 e. The molecule has 1 aromatic rings. The molecule has 1 nitrogen and oxygen atoms in total. The Balaban J connectivity index is 2.34. The van der Waals surface area contributed by atoms with Crippen molar-refractivity contribution in [2.24, 2.45) is 0 Å². The molecule has 3 heteroatoms. The van der Waals surface area contributed by atoms with Crippen LogP contribution in [0.2, 0.25) is 0 Å². The first-order chi connectivity index (χ1) is 7.22. The molecule has 0 bridgehead atoms. The first kappa shape index (κ1) is 13.2. The van der Waals surface area contributed by atoms with Gasteiger partial charge in [-0.3, -0.25) is 4.79 Å². The molecular weight excluding hydrogens is 367 g/mol. The van der Waals surface area contributed by atoms with Gasteiger partial charge in [-0.05, 0) is 53.1 Å². The summed E-state index contributed by atoms with van der Waals surface area (Å²) in [7, 11) is 0. The summed E-state index contributed by atoms with van der Waals surface area (Å²) in [4.78, 5) is 11.6. The van der Waals surface area contributed by atoms with Crippen molar-refractivity contribution in [3.8, 4) is 0 Å². The summed E-state index contributed by atoms with van der Waals surface area (Å²) in [5.41, 5.74) is 1.12. The summed E-state index contributed by atoms with van der Waals surface area (Å²) in [6.07, 6.45) is 3.36. The minimum Gasteiger partial charge on any atom is -0.299 e. The van der Waals surface area contributed by atoms with E-state index in [0.717, 1.165) is 23.7 Å². The van der Waals surface area contributed by atoms with Crippen molar-refractivity contribution in [1.82, 2.24) is 0 Å². The summed E-state index contributed by atoms with van der Waals surface area (Å²) in [6.45, 7) is 0.